The van der Waals surface area contributed by atoms with Crippen molar-refractivity contribution >= 4 is 24.1 Å². The molecular formula is C17H29ClN4O2. The first-order valence-corrected chi connectivity index (χ1v) is 8.41. The van der Waals surface area contributed by atoms with E-state index in [9.17, 15) is 4.79 Å². The molecule has 0 aliphatic carbocycles. The van der Waals surface area contributed by atoms with E-state index in [0.29, 0.717) is 32.0 Å². The molecule has 0 spiro atoms. The van der Waals surface area contributed by atoms with Crippen molar-refractivity contribution in [1.82, 2.24) is 9.88 Å². The summed E-state index contributed by atoms with van der Waals surface area (Å²) in [6.07, 6.45) is 1.62. The van der Waals surface area contributed by atoms with Gasteiger partial charge in [-0.15, -0.1) is 12.4 Å². The first-order chi connectivity index (χ1) is 11.0. The summed E-state index contributed by atoms with van der Waals surface area (Å²) in [6, 6.07) is 5.78. The van der Waals surface area contributed by atoms with Crippen LogP contribution in [-0.2, 0) is 4.79 Å². The van der Waals surface area contributed by atoms with Crippen LogP contribution in [-0.4, -0.2) is 54.1 Å². The molecule has 1 atom stereocenters. The lowest BCUT2D eigenvalue weighted by Crippen LogP contribution is -2.58. The van der Waals surface area contributed by atoms with Gasteiger partial charge in [0.05, 0.1) is 12.1 Å². The number of anilines is 1. The highest BCUT2D eigenvalue weighted by Gasteiger charge is 2.33. The molecule has 2 heterocycles. The van der Waals surface area contributed by atoms with E-state index >= 15 is 0 Å². The number of carbonyl (C=O) groups is 1. The lowest BCUT2D eigenvalue weighted by molar-refractivity contribution is -0.137. The Bertz CT molecular complexity index is 531. The summed E-state index contributed by atoms with van der Waals surface area (Å²) >= 11 is 0. The van der Waals surface area contributed by atoms with E-state index in [2.05, 4.69) is 9.88 Å². The minimum Gasteiger partial charge on any atom is -0.478 e. The molecule has 1 fully saturated rings. The summed E-state index contributed by atoms with van der Waals surface area (Å²) in [7, 11) is 0. The smallest absolute Gasteiger partial charge is 0.242 e. The molecule has 1 amide bonds. The van der Waals surface area contributed by atoms with Crippen LogP contribution >= 0.6 is 12.4 Å². The molecule has 1 aromatic heterocycles. The molecule has 0 saturated carbocycles. The molecule has 6 nitrogen and oxygen atoms in total. The van der Waals surface area contributed by atoms with Gasteiger partial charge in [0.2, 0.25) is 11.8 Å². The highest BCUT2D eigenvalue weighted by atomic mass is 35.5. The predicted octanol–water partition coefficient (Wildman–Crippen LogP) is 2.07. The zero-order valence-corrected chi connectivity index (χ0v) is 15.6. The van der Waals surface area contributed by atoms with E-state index in [1.165, 1.54) is 0 Å². The third-order valence-electron chi connectivity index (χ3n) is 4.15. The van der Waals surface area contributed by atoms with Crippen LogP contribution in [0.5, 0.6) is 5.88 Å². The minimum absolute atomic E-state index is 0. The Balaban J connectivity index is 0.00000288. The van der Waals surface area contributed by atoms with Gasteiger partial charge in [-0.3, -0.25) is 4.79 Å². The van der Waals surface area contributed by atoms with Gasteiger partial charge in [-0.1, -0.05) is 19.4 Å². The normalized spacial score (nSPS) is 17.0. The van der Waals surface area contributed by atoms with Crippen LogP contribution < -0.4 is 15.4 Å². The van der Waals surface area contributed by atoms with E-state index in [1.54, 1.807) is 0 Å². The van der Waals surface area contributed by atoms with Gasteiger partial charge in [0.1, 0.15) is 5.82 Å². The third kappa shape index (κ3) is 4.98. The molecule has 136 valence electrons. The molecule has 1 aliphatic rings. The van der Waals surface area contributed by atoms with Gasteiger partial charge < -0.3 is 20.3 Å². The van der Waals surface area contributed by atoms with Crippen LogP contribution in [0.15, 0.2) is 18.2 Å². The molecule has 0 radical (unpaired) electrons. The van der Waals surface area contributed by atoms with Crippen LogP contribution in [0.3, 0.4) is 0 Å². The fourth-order valence-corrected chi connectivity index (χ4v) is 2.93. The summed E-state index contributed by atoms with van der Waals surface area (Å²) in [5, 5.41) is 0. The lowest BCUT2D eigenvalue weighted by Gasteiger charge is -2.39. The number of hydrogen-bond acceptors (Lipinski definition) is 5. The van der Waals surface area contributed by atoms with Crippen molar-refractivity contribution in [2.45, 2.75) is 39.2 Å². The van der Waals surface area contributed by atoms with Crippen LogP contribution in [0.1, 0.15) is 33.6 Å². The average molecular weight is 357 g/mol. The zero-order chi connectivity index (χ0) is 16.9. The largest absolute Gasteiger partial charge is 0.478 e. The second-order valence-electron chi connectivity index (χ2n) is 6.21. The minimum atomic E-state index is -0.760. The molecule has 7 heteroatoms. The first kappa shape index (κ1) is 20.5. The molecule has 1 aromatic rings. The third-order valence-corrected chi connectivity index (χ3v) is 4.15. The number of nitrogens with zero attached hydrogens (tertiary/aromatic N) is 3. The van der Waals surface area contributed by atoms with Gasteiger partial charge in [0, 0.05) is 32.2 Å². The Labute approximate surface area is 150 Å². The van der Waals surface area contributed by atoms with Crippen molar-refractivity contribution in [3.63, 3.8) is 0 Å². The lowest BCUT2D eigenvalue weighted by atomic mass is 9.95. The highest BCUT2D eigenvalue weighted by molar-refractivity contribution is 5.86. The number of amides is 1. The van der Waals surface area contributed by atoms with E-state index in [0.717, 1.165) is 25.3 Å². The summed E-state index contributed by atoms with van der Waals surface area (Å²) in [5.41, 5.74) is 5.41. The molecular weight excluding hydrogens is 328 g/mol. The van der Waals surface area contributed by atoms with Crippen molar-refractivity contribution in [3.8, 4) is 5.88 Å². The van der Waals surface area contributed by atoms with Crippen molar-refractivity contribution in [2.75, 3.05) is 37.7 Å². The maximum Gasteiger partial charge on any atom is 0.242 e. The molecule has 0 bridgehead atoms. The molecule has 24 heavy (non-hydrogen) atoms. The highest BCUT2D eigenvalue weighted by Crippen LogP contribution is 2.19. The number of pyridine rings is 1. The summed E-state index contributed by atoms with van der Waals surface area (Å²) in [6.45, 7) is 9.30. The Morgan fingerprint density at radius 2 is 1.96 bits per heavy atom. The predicted molar refractivity (Wildman–Crippen MR) is 98.9 cm³/mol. The van der Waals surface area contributed by atoms with Crippen molar-refractivity contribution in [1.29, 1.82) is 0 Å². The molecule has 1 aliphatic heterocycles. The van der Waals surface area contributed by atoms with Crippen molar-refractivity contribution < 1.29 is 9.53 Å². The number of ether oxygens (including phenoxy) is 1. The van der Waals surface area contributed by atoms with Crippen LogP contribution in [0, 0.1) is 0 Å². The van der Waals surface area contributed by atoms with E-state index in [4.69, 9.17) is 10.5 Å². The molecule has 2 rings (SSSR count). The number of hydrogen-bond donors (Lipinski definition) is 1. The topological polar surface area (TPSA) is 71.7 Å². The quantitative estimate of drug-likeness (QED) is 0.844. The number of piperazine rings is 1. The van der Waals surface area contributed by atoms with Crippen molar-refractivity contribution in [3.05, 3.63) is 18.2 Å². The number of carbonyl (C=O) groups excluding carboxylic acids is 1. The van der Waals surface area contributed by atoms with E-state index < -0.39 is 5.54 Å². The Hall–Kier alpha value is -1.53. The van der Waals surface area contributed by atoms with Gasteiger partial charge in [-0.25, -0.2) is 0 Å². The first-order valence-electron chi connectivity index (χ1n) is 8.41. The van der Waals surface area contributed by atoms with E-state index in [-0.39, 0.29) is 18.3 Å². The SMILES string of the molecule is CCCC(C)(N)C(=O)N1CCN(c2cccc(OCC)n2)CC1.Cl. The van der Waals surface area contributed by atoms with Gasteiger partial charge >= 0.3 is 0 Å². The second kappa shape index (κ2) is 9.08. The van der Waals surface area contributed by atoms with Gasteiger partial charge in [0.15, 0.2) is 0 Å². The Morgan fingerprint density at radius 1 is 1.29 bits per heavy atom. The number of nitrogens with two attached hydrogens (primary N) is 1. The van der Waals surface area contributed by atoms with Crippen LogP contribution in [0.25, 0.3) is 0 Å². The zero-order valence-electron chi connectivity index (χ0n) is 14.8. The standard InChI is InChI=1S/C17H28N4O2.ClH/c1-4-9-17(3,18)16(22)21-12-10-20(11-13-21)14-7-6-8-15(19-14)23-5-2;/h6-8H,4-5,9-13,18H2,1-3H3;1H. The maximum absolute atomic E-state index is 12.5. The van der Waals surface area contributed by atoms with Gasteiger partial charge in [0.25, 0.3) is 0 Å². The molecule has 2 N–H and O–H groups in total. The van der Waals surface area contributed by atoms with Crippen LogP contribution in [0.4, 0.5) is 5.82 Å². The Morgan fingerprint density at radius 3 is 2.54 bits per heavy atom. The number of halogens is 1. The molecule has 1 saturated heterocycles. The fourth-order valence-electron chi connectivity index (χ4n) is 2.93. The van der Waals surface area contributed by atoms with Gasteiger partial charge in [-0.2, -0.15) is 4.98 Å². The number of rotatable bonds is 6. The summed E-state index contributed by atoms with van der Waals surface area (Å²) in [4.78, 5) is 21.1. The second-order valence-corrected chi connectivity index (χ2v) is 6.21. The maximum atomic E-state index is 12.5. The van der Waals surface area contributed by atoms with Crippen molar-refractivity contribution in [2.24, 2.45) is 5.73 Å². The summed E-state index contributed by atoms with van der Waals surface area (Å²) < 4.78 is 5.45. The average Bonchev–Trinajstić information content (AvgIpc) is 2.55. The molecule has 0 aromatic carbocycles. The Kier molecular flexibility index (Phi) is 7.76. The summed E-state index contributed by atoms with van der Waals surface area (Å²) in [5.74, 6) is 1.59. The van der Waals surface area contributed by atoms with Crippen LogP contribution in [0.2, 0.25) is 0 Å². The number of aromatic nitrogens is 1. The molecule has 1 unspecified atom stereocenters. The fraction of sp³-hybridized carbons (Fsp3) is 0.647. The van der Waals surface area contributed by atoms with E-state index in [1.807, 2.05) is 43.9 Å². The van der Waals surface area contributed by atoms with Gasteiger partial charge in [-0.05, 0) is 26.3 Å². The monoisotopic (exact) mass is 356 g/mol.